The second kappa shape index (κ2) is 7.29. The van der Waals surface area contributed by atoms with Crippen LogP contribution in [0.25, 0.3) is 10.9 Å². The van der Waals surface area contributed by atoms with Gasteiger partial charge in [0.2, 0.25) is 5.91 Å². The second-order valence-electron chi connectivity index (χ2n) is 6.81. The maximum Gasteiger partial charge on any atom is 0.225 e. The fraction of sp³-hybridized carbons (Fsp3) is 0.550. The molecule has 1 aromatic carbocycles. The highest BCUT2D eigenvalue weighted by Gasteiger charge is 2.28. The number of rotatable bonds is 5. The molecule has 2 aromatic rings. The van der Waals surface area contributed by atoms with Gasteiger partial charge in [-0.05, 0) is 49.9 Å². The van der Waals surface area contributed by atoms with Crippen molar-refractivity contribution in [2.75, 3.05) is 20.2 Å². The number of carbonyl (C=O) groups is 1. The van der Waals surface area contributed by atoms with Crippen LogP contribution >= 0.6 is 0 Å². The van der Waals surface area contributed by atoms with E-state index in [2.05, 4.69) is 41.9 Å². The SMILES string of the molecule is CCC(CC)C(=O)N1CCCC(c2cc3cc(OC)ccc3[nH]2)C1. The smallest absolute Gasteiger partial charge is 0.225 e. The summed E-state index contributed by atoms with van der Waals surface area (Å²) in [6, 6.07) is 8.32. The maximum atomic E-state index is 12.7. The summed E-state index contributed by atoms with van der Waals surface area (Å²) in [5.74, 6) is 1.79. The number of ether oxygens (including phenoxy) is 1. The van der Waals surface area contributed by atoms with Crippen molar-refractivity contribution in [1.29, 1.82) is 0 Å². The third kappa shape index (κ3) is 3.28. The Morgan fingerprint density at radius 3 is 2.83 bits per heavy atom. The quantitative estimate of drug-likeness (QED) is 0.888. The molecule has 1 aliphatic heterocycles. The van der Waals surface area contributed by atoms with Crippen LogP contribution in [0.3, 0.4) is 0 Å². The number of aromatic nitrogens is 1. The zero-order chi connectivity index (χ0) is 17.1. The Morgan fingerprint density at radius 2 is 2.12 bits per heavy atom. The minimum absolute atomic E-state index is 0.177. The molecular weight excluding hydrogens is 300 g/mol. The number of carbonyl (C=O) groups excluding carboxylic acids is 1. The lowest BCUT2D eigenvalue weighted by Gasteiger charge is -2.34. The summed E-state index contributed by atoms with van der Waals surface area (Å²) in [4.78, 5) is 18.3. The minimum atomic E-state index is 0.177. The van der Waals surface area contributed by atoms with Crippen LogP contribution in [0.4, 0.5) is 0 Å². The number of piperidine rings is 1. The van der Waals surface area contributed by atoms with Gasteiger partial charge in [0.15, 0.2) is 0 Å². The van der Waals surface area contributed by atoms with Gasteiger partial charge in [0.25, 0.3) is 0 Å². The Kier molecular flexibility index (Phi) is 5.12. The van der Waals surface area contributed by atoms with Crippen molar-refractivity contribution < 1.29 is 9.53 Å². The monoisotopic (exact) mass is 328 g/mol. The van der Waals surface area contributed by atoms with E-state index in [-0.39, 0.29) is 5.92 Å². The van der Waals surface area contributed by atoms with E-state index < -0.39 is 0 Å². The van der Waals surface area contributed by atoms with E-state index in [0.717, 1.165) is 50.0 Å². The summed E-state index contributed by atoms with van der Waals surface area (Å²) in [6.07, 6.45) is 4.08. The van der Waals surface area contributed by atoms with E-state index >= 15 is 0 Å². The Morgan fingerprint density at radius 1 is 1.33 bits per heavy atom. The number of likely N-dealkylation sites (tertiary alicyclic amines) is 1. The van der Waals surface area contributed by atoms with Gasteiger partial charge in [0.05, 0.1) is 7.11 Å². The topological polar surface area (TPSA) is 45.3 Å². The predicted octanol–water partition coefficient (Wildman–Crippen LogP) is 4.32. The largest absolute Gasteiger partial charge is 0.497 e. The molecule has 24 heavy (non-hydrogen) atoms. The van der Waals surface area contributed by atoms with E-state index in [1.165, 1.54) is 11.1 Å². The first kappa shape index (κ1) is 16.9. The summed E-state index contributed by atoms with van der Waals surface area (Å²) >= 11 is 0. The van der Waals surface area contributed by atoms with Crippen molar-refractivity contribution in [1.82, 2.24) is 9.88 Å². The number of methoxy groups -OCH3 is 1. The molecule has 1 aromatic heterocycles. The number of hydrogen-bond acceptors (Lipinski definition) is 2. The number of hydrogen-bond donors (Lipinski definition) is 1. The molecule has 4 heteroatoms. The van der Waals surface area contributed by atoms with Gasteiger partial charge >= 0.3 is 0 Å². The lowest BCUT2D eigenvalue weighted by Crippen LogP contribution is -2.42. The van der Waals surface area contributed by atoms with Gasteiger partial charge in [-0.1, -0.05) is 13.8 Å². The lowest BCUT2D eigenvalue weighted by atomic mass is 9.92. The van der Waals surface area contributed by atoms with Crippen LogP contribution in [-0.2, 0) is 4.79 Å². The van der Waals surface area contributed by atoms with Crippen LogP contribution in [0.2, 0.25) is 0 Å². The van der Waals surface area contributed by atoms with Crippen LogP contribution in [0.5, 0.6) is 5.75 Å². The van der Waals surface area contributed by atoms with Crippen molar-refractivity contribution in [3.05, 3.63) is 30.0 Å². The summed E-state index contributed by atoms with van der Waals surface area (Å²) in [5.41, 5.74) is 2.37. The van der Waals surface area contributed by atoms with Crippen molar-refractivity contribution in [3.63, 3.8) is 0 Å². The molecule has 1 N–H and O–H groups in total. The molecule has 0 saturated carbocycles. The fourth-order valence-corrected chi connectivity index (χ4v) is 3.81. The molecule has 1 amide bonds. The third-order valence-electron chi connectivity index (χ3n) is 5.36. The van der Waals surface area contributed by atoms with Crippen LogP contribution in [-0.4, -0.2) is 36.0 Å². The molecule has 130 valence electrons. The van der Waals surface area contributed by atoms with Crippen molar-refractivity contribution in [2.45, 2.75) is 45.4 Å². The van der Waals surface area contributed by atoms with E-state index in [1.54, 1.807) is 7.11 Å². The first-order valence-electron chi connectivity index (χ1n) is 9.11. The first-order chi connectivity index (χ1) is 11.7. The third-order valence-corrected chi connectivity index (χ3v) is 5.36. The van der Waals surface area contributed by atoms with E-state index in [9.17, 15) is 4.79 Å². The molecule has 1 saturated heterocycles. The number of H-pyrrole nitrogens is 1. The molecule has 1 fully saturated rings. The maximum absolute atomic E-state index is 12.7. The number of benzene rings is 1. The zero-order valence-corrected chi connectivity index (χ0v) is 15.0. The van der Waals surface area contributed by atoms with Gasteiger partial charge in [-0.15, -0.1) is 0 Å². The molecule has 4 nitrogen and oxygen atoms in total. The molecular formula is C20H28N2O2. The lowest BCUT2D eigenvalue weighted by molar-refractivity contribution is -0.137. The predicted molar refractivity (Wildman–Crippen MR) is 97.5 cm³/mol. The average Bonchev–Trinajstić information content (AvgIpc) is 3.06. The van der Waals surface area contributed by atoms with E-state index in [1.807, 2.05) is 6.07 Å². The zero-order valence-electron chi connectivity index (χ0n) is 15.0. The highest BCUT2D eigenvalue weighted by Crippen LogP contribution is 2.31. The molecule has 3 rings (SSSR count). The number of nitrogens with zero attached hydrogens (tertiary/aromatic N) is 1. The van der Waals surface area contributed by atoms with Crippen molar-refractivity contribution >= 4 is 16.8 Å². The normalized spacial score (nSPS) is 18.3. The average molecular weight is 328 g/mol. The summed E-state index contributed by atoms with van der Waals surface area (Å²) < 4.78 is 5.31. The van der Waals surface area contributed by atoms with Crippen molar-refractivity contribution in [3.8, 4) is 5.75 Å². The molecule has 0 bridgehead atoms. The van der Waals surface area contributed by atoms with E-state index in [4.69, 9.17) is 4.74 Å². The Labute approximate surface area is 144 Å². The van der Waals surface area contributed by atoms with Gasteiger partial charge in [-0.25, -0.2) is 0 Å². The number of aromatic amines is 1. The van der Waals surface area contributed by atoms with Gasteiger partial charge in [-0.2, -0.15) is 0 Å². The summed E-state index contributed by atoms with van der Waals surface area (Å²) in [7, 11) is 1.69. The number of fused-ring (bicyclic) bond motifs is 1. The highest BCUT2D eigenvalue weighted by molar-refractivity contribution is 5.82. The van der Waals surface area contributed by atoms with Gasteiger partial charge in [0, 0.05) is 41.5 Å². The fourth-order valence-electron chi connectivity index (χ4n) is 3.81. The van der Waals surface area contributed by atoms with Gasteiger partial charge in [0.1, 0.15) is 5.75 Å². The van der Waals surface area contributed by atoms with Crippen LogP contribution in [0.1, 0.15) is 51.1 Å². The standard InChI is InChI=1S/C20H28N2O2/c1-4-14(5-2)20(23)22-10-6-7-15(13-22)19-12-16-11-17(24-3)8-9-18(16)21-19/h8-9,11-12,14-15,21H,4-7,10,13H2,1-3H3. The molecule has 1 unspecified atom stereocenters. The first-order valence-corrected chi connectivity index (χ1v) is 9.11. The second-order valence-corrected chi connectivity index (χ2v) is 6.81. The Hall–Kier alpha value is -1.97. The van der Waals surface area contributed by atoms with Crippen LogP contribution < -0.4 is 4.74 Å². The number of nitrogens with one attached hydrogen (secondary N) is 1. The molecule has 1 atom stereocenters. The van der Waals surface area contributed by atoms with E-state index in [0.29, 0.717) is 11.8 Å². The Bertz CT molecular complexity index is 703. The number of amides is 1. The van der Waals surface area contributed by atoms with Crippen LogP contribution in [0, 0.1) is 5.92 Å². The van der Waals surface area contributed by atoms with Crippen LogP contribution in [0.15, 0.2) is 24.3 Å². The summed E-state index contributed by atoms with van der Waals surface area (Å²) in [5, 5.41) is 1.17. The minimum Gasteiger partial charge on any atom is -0.497 e. The van der Waals surface area contributed by atoms with Gasteiger partial charge < -0.3 is 14.6 Å². The van der Waals surface area contributed by atoms with Gasteiger partial charge in [-0.3, -0.25) is 4.79 Å². The Balaban J connectivity index is 1.78. The summed E-state index contributed by atoms with van der Waals surface area (Å²) in [6.45, 7) is 5.95. The molecule has 2 heterocycles. The highest BCUT2D eigenvalue weighted by atomic mass is 16.5. The molecule has 0 radical (unpaired) electrons. The molecule has 0 aliphatic carbocycles. The van der Waals surface area contributed by atoms with Crippen molar-refractivity contribution in [2.24, 2.45) is 5.92 Å². The molecule has 1 aliphatic rings. The molecule has 0 spiro atoms.